The van der Waals surface area contributed by atoms with E-state index >= 15 is 0 Å². The molecule has 0 amide bonds. The van der Waals surface area contributed by atoms with Gasteiger partial charge in [0.15, 0.2) is 10.9 Å². The molecule has 3 saturated carbocycles. The number of hydrogen-bond acceptors (Lipinski definition) is 5. The summed E-state index contributed by atoms with van der Waals surface area (Å²) in [6.45, 7) is 0. The predicted molar refractivity (Wildman–Crippen MR) is 84.4 cm³/mol. The molecule has 1 atom stereocenters. The highest BCUT2D eigenvalue weighted by Crippen LogP contribution is 2.49. The lowest BCUT2D eigenvalue weighted by Crippen LogP contribution is -2.57. The third kappa shape index (κ3) is 1.91. The van der Waals surface area contributed by atoms with Crippen molar-refractivity contribution in [3.63, 3.8) is 0 Å². The Morgan fingerprint density at radius 3 is 2.86 bits per heavy atom. The fourth-order valence-electron chi connectivity index (χ4n) is 4.30. The number of nitrogens with zero attached hydrogens (tertiary/aromatic N) is 1. The van der Waals surface area contributed by atoms with Crippen LogP contribution >= 0.6 is 11.3 Å². The second-order valence-corrected chi connectivity index (χ2v) is 7.76. The van der Waals surface area contributed by atoms with Crippen molar-refractivity contribution in [2.24, 2.45) is 11.8 Å². The highest BCUT2D eigenvalue weighted by molar-refractivity contribution is 7.17. The average Bonchev–Trinajstić information content (AvgIpc) is 3.10. The SMILES string of the molecule is Fc1cc2ccc(N3NOC4(CC5CCC4CC5)N3)cc2s1. The normalized spacial score (nSPS) is 34.1. The zero-order valence-electron chi connectivity index (χ0n) is 12.1. The zero-order valence-corrected chi connectivity index (χ0v) is 13.0. The van der Waals surface area contributed by atoms with Crippen LogP contribution in [0.3, 0.4) is 0 Å². The molecule has 4 fully saturated rings. The Morgan fingerprint density at radius 1 is 1.23 bits per heavy atom. The lowest BCUT2D eigenvalue weighted by atomic mass is 9.66. The van der Waals surface area contributed by atoms with Crippen LogP contribution in [0.4, 0.5) is 10.1 Å². The van der Waals surface area contributed by atoms with Crippen LogP contribution in [0, 0.1) is 17.0 Å². The van der Waals surface area contributed by atoms with E-state index in [0.29, 0.717) is 5.92 Å². The Balaban J connectivity index is 1.44. The highest BCUT2D eigenvalue weighted by atomic mass is 32.1. The molecule has 1 saturated heterocycles. The molecule has 1 aromatic heterocycles. The Morgan fingerprint density at radius 2 is 2.09 bits per heavy atom. The number of rotatable bonds is 1. The van der Waals surface area contributed by atoms with Gasteiger partial charge >= 0.3 is 0 Å². The van der Waals surface area contributed by atoms with E-state index in [1.807, 2.05) is 23.3 Å². The topological polar surface area (TPSA) is 36.5 Å². The maximum absolute atomic E-state index is 13.4. The molecule has 1 aromatic carbocycles. The fourth-order valence-corrected chi connectivity index (χ4v) is 5.12. The molecule has 2 heterocycles. The third-order valence-electron chi connectivity index (χ3n) is 5.45. The van der Waals surface area contributed by atoms with E-state index in [1.165, 1.54) is 37.0 Å². The van der Waals surface area contributed by atoms with Gasteiger partial charge in [0.1, 0.15) is 0 Å². The molecule has 2 N–H and O–H groups in total. The van der Waals surface area contributed by atoms with E-state index in [1.54, 1.807) is 6.07 Å². The van der Waals surface area contributed by atoms with E-state index in [0.717, 1.165) is 28.1 Å². The molecule has 22 heavy (non-hydrogen) atoms. The lowest BCUT2D eigenvalue weighted by Gasteiger charge is -2.47. The van der Waals surface area contributed by atoms with Gasteiger partial charge in [-0.15, -0.1) is 11.3 Å². The molecule has 2 bridgehead atoms. The van der Waals surface area contributed by atoms with E-state index in [4.69, 9.17) is 4.84 Å². The van der Waals surface area contributed by atoms with Crippen LogP contribution in [-0.2, 0) is 4.84 Å². The van der Waals surface area contributed by atoms with Crippen LogP contribution < -0.4 is 16.1 Å². The van der Waals surface area contributed by atoms with Crippen molar-refractivity contribution in [2.75, 3.05) is 5.12 Å². The minimum Gasteiger partial charge on any atom is -0.257 e. The first-order valence-corrected chi connectivity index (χ1v) is 8.74. The summed E-state index contributed by atoms with van der Waals surface area (Å²) in [4.78, 5) is 5.99. The summed E-state index contributed by atoms with van der Waals surface area (Å²) in [7, 11) is 0. The van der Waals surface area contributed by atoms with Gasteiger partial charge < -0.3 is 0 Å². The van der Waals surface area contributed by atoms with E-state index in [2.05, 4.69) is 11.0 Å². The Bertz CT molecular complexity index is 727. The van der Waals surface area contributed by atoms with Crippen LogP contribution in [0.5, 0.6) is 0 Å². The van der Waals surface area contributed by atoms with Crippen LogP contribution in [0.15, 0.2) is 24.3 Å². The number of anilines is 1. The minimum atomic E-state index is -0.267. The molecule has 0 radical (unpaired) electrons. The van der Waals surface area contributed by atoms with Crippen LogP contribution in [0.2, 0.25) is 0 Å². The summed E-state index contributed by atoms with van der Waals surface area (Å²) in [6, 6.07) is 7.50. The smallest absolute Gasteiger partial charge is 0.177 e. The van der Waals surface area contributed by atoms with Gasteiger partial charge in [-0.05, 0) is 61.6 Å². The molecule has 6 heteroatoms. The standard InChI is InChI=1S/C16H18FN3OS/c17-15-7-11-3-6-13(8-14(11)22-15)20-18-16(21-19-20)9-10-1-4-12(16)5-2-10/h3,6-8,10,12,18-19H,1-2,4-5,9H2. The van der Waals surface area contributed by atoms with Crippen molar-refractivity contribution in [1.82, 2.24) is 11.0 Å². The molecule has 6 rings (SSSR count). The van der Waals surface area contributed by atoms with Gasteiger partial charge in [0.05, 0.1) is 5.69 Å². The van der Waals surface area contributed by atoms with Crippen molar-refractivity contribution in [3.05, 3.63) is 29.4 Å². The zero-order chi connectivity index (χ0) is 14.7. The van der Waals surface area contributed by atoms with Gasteiger partial charge in [0.25, 0.3) is 0 Å². The first-order chi connectivity index (χ1) is 10.7. The van der Waals surface area contributed by atoms with Crippen LogP contribution in [-0.4, -0.2) is 5.72 Å². The average molecular weight is 319 g/mol. The van der Waals surface area contributed by atoms with Gasteiger partial charge in [-0.25, -0.2) is 5.12 Å². The van der Waals surface area contributed by atoms with Gasteiger partial charge in [-0.1, -0.05) is 11.7 Å². The maximum Gasteiger partial charge on any atom is 0.177 e. The number of hydrazine groups is 2. The molecular formula is C16H18FN3OS. The van der Waals surface area contributed by atoms with E-state index in [9.17, 15) is 4.39 Å². The molecule has 3 aliphatic carbocycles. The summed E-state index contributed by atoms with van der Waals surface area (Å²) in [5.74, 6) is 1.34. The van der Waals surface area contributed by atoms with Crippen molar-refractivity contribution in [2.45, 2.75) is 37.8 Å². The van der Waals surface area contributed by atoms with Gasteiger partial charge in [-0.3, -0.25) is 4.84 Å². The molecule has 1 unspecified atom stereocenters. The number of thiophene rings is 1. The Hall–Kier alpha value is -1.21. The van der Waals surface area contributed by atoms with Crippen molar-refractivity contribution < 1.29 is 9.23 Å². The quantitative estimate of drug-likeness (QED) is 0.840. The first kappa shape index (κ1) is 13.2. The van der Waals surface area contributed by atoms with Crippen molar-refractivity contribution in [3.8, 4) is 0 Å². The second-order valence-electron chi connectivity index (χ2n) is 6.72. The number of fused-ring (bicyclic) bond motifs is 3. The molecule has 4 aliphatic rings. The Kier molecular flexibility index (Phi) is 2.80. The maximum atomic E-state index is 13.4. The number of hydrogen-bond donors (Lipinski definition) is 2. The molecule has 2 aromatic rings. The van der Waals surface area contributed by atoms with Crippen molar-refractivity contribution >= 4 is 27.1 Å². The molecule has 1 spiro atoms. The molecule has 4 nitrogen and oxygen atoms in total. The lowest BCUT2D eigenvalue weighted by molar-refractivity contribution is -0.153. The number of halogens is 1. The van der Waals surface area contributed by atoms with E-state index in [-0.39, 0.29) is 10.9 Å². The summed E-state index contributed by atoms with van der Waals surface area (Å²) >= 11 is 1.17. The molecule has 1 aliphatic heterocycles. The number of benzene rings is 1. The van der Waals surface area contributed by atoms with Gasteiger partial charge in [0.2, 0.25) is 0 Å². The van der Waals surface area contributed by atoms with Crippen LogP contribution in [0.25, 0.3) is 10.1 Å². The summed E-state index contributed by atoms with van der Waals surface area (Å²) < 4.78 is 14.3. The fraction of sp³-hybridized carbons (Fsp3) is 0.500. The third-order valence-corrected chi connectivity index (χ3v) is 6.34. The molecule has 116 valence electrons. The minimum absolute atomic E-state index is 0.146. The van der Waals surface area contributed by atoms with E-state index < -0.39 is 0 Å². The van der Waals surface area contributed by atoms with Crippen molar-refractivity contribution in [1.29, 1.82) is 0 Å². The highest BCUT2D eigenvalue weighted by Gasteiger charge is 2.53. The Labute approximate surface area is 132 Å². The van der Waals surface area contributed by atoms with Gasteiger partial charge in [-0.2, -0.15) is 9.82 Å². The summed E-state index contributed by atoms with van der Waals surface area (Å²) in [5, 5.41) is 2.64. The number of nitrogens with one attached hydrogen (secondary N) is 2. The second kappa shape index (κ2) is 4.64. The monoisotopic (exact) mass is 319 g/mol. The largest absolute Gasteiger partial charge is 0.257 e. The first-order valence-electron chi connectivity index (χ1n) is 7.93. The summed E-state index contributed by atoms with van der Waals surface area (Å²) in [6.07, 6.45) is 6.21. The van der Waals surface area contributed by atoms with Gasteiger partial charge in [0, 0.05) is 10.6 Å². The summed E-state index contributed by atoms with van der Waals surface area (Å²) in [5.41, 5.74) is 7.24. The van der Waals surface area contributed by atoms with Crippen LogP contribution in [0.1, 0.15) is 32.1 Å². The molecular weight excluding hydrogens is 301 g/mol. The predicted octanol–water partition coefficient (Wildman–Crippen LogP) is 3.71.